The zero-order valence-corrected chi connectivity index (χ0v) is 14.3. The molecule has 0 amide bonds. The molecular formula is C16H33N5O. The SMILES string of the molecule is CN=C(NCCC1CCN(C)CC1)NCCN1CCOCC1. The van der Waals surface area contributed by atoms with Gasteiger partial charge < -0.3 is 20.3 Å². The molecule has 2 N–H and O–H groups in total. The van der Waals surface area contributed by atoms with Crippen molar-refractivity contribution in [1.82, 2.24) is 20.4 Å². The molecule has 0 atom stereocenters. The Morgan fingerprint density at radius 3 is 2.45 bits per heavy atom. The zero-order valence-electron chi connectivity index (χ0n) is 14.3. The number of guanidine groups is 1. The van der Waals surface area contributed by atoms with Crippen molar-refractivity contribution in [1.29, 1.82) is 0 Å². The summed E-state index contributed by atoms with van der Waals surface area (Å²) in [7, 11) is 4.06. The maximum atomic E-state index is 5.36. The summed E-state index contributed by atoms with van der Waals surface area (Å²) in [4.78, 5) is 9.17. The molecule has 2 rings (SSSR count). The van der Waals surface area contributed by atoms with Gasteiger partial charge in [-0.15, -0.1) is 0 Å². The van der Waals surface area contributed by atoms with Crippen LogP contribution in [-0.4, -0.2) is 88.9 Å². The highest BCUT2D eigenvalue weighted by molar-refractivity contribution is 5.79. The molecular weight excluding hydrogens is 278 g/mol. The fourth-order valence-corrected chi connectivity index (χ4v) is 3.12. The lowest BCUT2D eigenvalue weighted by Crippen LogP contribution is -2.44. The van der Waals surface area contributed by atoms with E-state index < -0.39 is 0 Å². The minimum atomic E-state index is 0.865. The van der Waals surface area contributed by atoms with Crippen molar-refractivity contribution in [2.45, 2.75) is 19.3 Å². The van der Waals surface area contributed by atoms with Crippen LogP contribution in [0.3, 0.4) is 0 Å². The molecule has 0 spiro atoms. The lowest BCUT2D eigenvalue weighted by atomic mass is 9.94. The van der Waals surface area contributed by atoms with E-state index in [0.29, 0.717) is 0 Å². The molecule has 0 aromatic carbocycles. The van der Waals surface area contributed by atoms with E-state index in [9.17, 15) is 0 Å². The van der Waals surface area contributed by atoms with Crippen LogP contribution in [0.4, 0.5) is 0 Å². The van der Waals surface area contributed by atoms with Gasteiger partial charge in [0.1, 0.15) is 0 Å². The highest BCUT2D eigenvalue weighted by Crippen LogP contribution is 2.18. The Bertz CT molecular complexity index is 322. The number of ether oxygens (including phenoxy) is 1. The largest absolute Gasteiger partial charge is 0.379 e. The van der Waals surface area contributed by atoms with E-state index in [-0.39, 0.29) is 0 Å². The van der Waals surface area contributed by atoms with E-state index >= 15 is 0 Å². The third-order valence-corrected chi connectivity index (χ3v) is 4.73. The molecule has 0 saturated carbocycles. The van der Waals surface area contributed by atoms with E-state index in [4.69, 9.17) is 4.74 Å². The van der Waals surface area contributed by atoms with Gasteiger partial charge in [0.2, 0.25) is 0 Å². The number of rotatable bonds is 6. The van der Waals surface area contributed by atoms with E-state index in [0.717, 1.165) is 57.8 Å². The number of likely N-dealkylation sites (tertiary alicyclic amines) is 1. The van der Waals surface area contributed by atoms with Gasteiger partial charge in [0.05, 0.1) is 13.2 Å². The maximum absolute atomic E-state index is 5.36. The first-order valence-electron chi connectivity index (χ1n) is 8.71. The van der Waals surface area contributed by atoms with Crippen molar-refractivity contribution in [2.24, 2.45) is 10.9 Å². The van der Waals surface area contributed by atoms with Gasteiger partial charge in [-0.2, -0.15) is 0 Å². The van der Waals surface area contributed by atoms with Gasteiger partial charge >= 0.3 is 0 Å². The van der Waals surface area contributed by atoms with Crippen LogP contribution < -0.4 is 10.6 Å². The van der Waals surface area contributed by atoms with Gasteiger partial charge in [0, 0.05) is 39.8 Å². The Labute approximate surface area is 135 Å². The van der Waals surface area contributed by atoms with Crippen LogP contribution in [-0.2, 0) is 4.74 Å². The number of hydrogen-bond acceptors (Lipinski definition) is 4. The van der Waals surface area contributed by atoms with Crippen molar-refractivity contribution in [3.05, 3.63) is 0 Å². The molecule has 0 aromatic rings. The van der Waals surface area contributed by atoms with Crippen LogP contribution in [0.25, 0.3) is 0 Å². The number of piperidine rings is 1. The van der Waals surface area contributed by atoms with Crippen LogP contribution >= 0.6 is 0 Å². The minimum Gasteiger partial charge on any atom is -0.379 e. The van der Waals surface area contributed by atoms with Crippen LogP contribution in [0.2, 0.25) is 0 Å². The van der Waals surface area contributed by atoms with Gasteiger partial charge in [-0.3, -0.25) is 9.89 Å². The molecule has 2 aliphatic heterocycles. The highest BCUT2D eigenvalue weighted by atomic mass is 16.5. The molecule has 2 fully saturated rings. The number of aliphatic imine (C=N–C) groups is 1. The maximum Gasteiger partial charge on any atom is 0.191 e. The molecule has 0 aliphatic carbocycles. The molecule has 6 nitrogen and oxygen atoms in total. The molecule has 2 aliphatic rings. The number of nitrogens with one attached hydrogen (secondary N) is 2. The molecule has 0 aromatic heterocycles. The smallest absolute Gasteiger partial charge is 0.191 e. The van der Waals surface area contributed by atoms with E-state index in [1.165, 1.54) is 32.4 Å². The molecule has 6 heteroatoms. The normalized spacial score (nSPS) is 22.7. The second-order valence-corrected chi connectivity index (χ2v) is 6.42. The predicted octanol–water partition coefficient (Wildman–Crippen LogP) is 0.216. The topological polar surface area (TPSA) is 52.1 Å². The van der Waals surface area contributed by atoms with E-state index in [2.05, 4.69) is 32.5 Å². The lowest BCUT2D eigenvalue weighted by molar-refractivity contribution is 0.0389. The average Bonchev–Trinajstić information content (AvgIpc) is 2.56. The lowest BCUT2D eigenvalue weighted by Gasteiger charge is -2.29. The second-order valence-electron chi connectivity index (χ2n) is 6.42. The van der Waals surface area contributed by atoms with Gasteiger partial charge in [-0.25, -0.2) is 0 Å². The number of hydrogen-bond donors (Lipinski definition) is 2. The monoisotopic (exact) mass is 311 g/mol. The highest BCUT2D eigenvalue weighted by Gasteiger charge is 2.16. The van der Waals surface area contributed by atoms with Crippen LogP contribution in [0.5, 0.6) is 0 Å². The van der Waals surface area contributed by atoms with Crippen LogP contribution in [0, 0.1) is 5.92 Å². The molecule has 0 bridgehead atoms. The molecule has 128 valence electrons. The Morgan fingerprint density at radius 1 is 1.09 bits per heavy atom. The molecule has 2 heterocycles. The Morgan fingerprint density at radius 2 is 1.77 bits per heavy atom. The van der Waals surface area contributed by atoms with Gasteiger partial charge in [0.15, 0.2) is 5.96 Å². The number of nitrogens with zero attached hydrogens (tertiary/aromatic N) is 3. The fourth-order valence-electron chi connectivity index (χ4n) is 3.12. The summed E-state index contributed by atoms with van der Waals surface area (Å²) in [6.07, 6.45) is 3.92. The fraction of sp³-hybridized carbons (Fsp3) is 0.938. The Hall–Kier alpha value is -0.850. The first-order valence-corrected chi connectivity index (χ1v) is 8.71. The molecule has 22 heavy (non-hydrogen) atoms. The van der Waals surface area contributed by atoms with Gasteiger partial charge in [-0.1, -0.05) is 0 Å². The van der Waals surface area contributed by atoms with E-state index in [1.807, 2.05) is 7.05 Å². The molecule has 0 unspecified atom stereocenters. The van der Waals surface area contributed by atoms with Crippen molar-refractivity contribution < 1.29 is 4.74 Å². The van der Waals surface area contributed by atoms with Crippen molar-refractivity contribution in [2.75, 3.05) is 73.1 Å². The summed E-state index contributed by atoms with van der Waals surface area (Å²) in [5.41, 5.74) is 0. The average molecular weight is 311 g/mol. The van der Waals surface area contributed by atoms with Crippen molar-refractivity contribution >= 4 is 5.96 Å². The van der Waals surface area contributed by atoms with Crippen molar-refractivity contribution in [3.63, 3.8) is 0 Å². The quantitative estimate of drug-likeness (QED) is 0.543. The Kier molecular flexibility index (Phi) is 7.98. The summed E-state index contributed by atoms with van der Waals surface area (Å²) < 4.78 is 5.36. The molecule has 2 saturated heterocycles. The first-order chi connectivity index (χ1) is 10.8. The first kappa shape index (κ1) is 17.5. The number of morpholine rings is 1. The summed E-state index contributed by atoms with van der Waals surface area (Å²) in [5.74, 6) is 1.80. The third-order valence-electron chi connectivity index (χ3n) is 4.73. The van der Waals surface area contributed by atoms with Crippen LogP contribution in [0.1, 0.15) is 19.3 Å². The van der Waals surface area contributed by atoms with Crippen LogP contribution in [0.15, 0.2) is 4.99 Å². The summed E-state index contributed by atoms with van der Waals surface area (Å²) in [5, 5.41) is 6.86. The Balaban J connectivity index is 1.53. The summed E-state index contributed by atoms with van der Waals surface area (Å²) >= 11 is 0. The minimum absolute atomic E-state index is 0.865. The summed E-state index contributed by atoms with van der Waals surface area (Å²) in [6.45, 7) is 9.33. The molecule has 0 radical (unpaired) electrons. The predicted molar refractivity (Wildman–Crippen MR) is 91.5 cm³/mol. The summed E-state index contributed by atoms with van der Waals surface area (Å²) in [6, 6.07) is 0. The zero-order chi connectivity index (χ0) is 15.6. The van der Waals surface area contributed by atoms with Gasteiger partial charge in [0.25, 0.3) is 0 Å². The third kappa shape index (κ3) is 6.50. The second kappa shape index (κ2) is 10.0. The van der Waals surface area contributed by atoms with Gasteiger partial charge in [-0.05, 0) is 45.3 Å². The standard InChI is InChI=1S/C16H33N5O/c1-17-16(19-7-10-21-11-13-22-14-12-21)18-6-3-15-4-8-20(2)9-5-15/h15H,3-14H2,1-2H3,(H2,17,18,19). The van der Waals surface area contributed by atoms with Crippen molar-refractivity contribution in [3.8, 4) is 0 Å². The van der Waals surface area contributed by atoms with E-state index in [1.54, 1.807) is 0 Å².